The van der Waals surface area contributed by atoms with Gasteiger partial charge in [-0.05, 0) is 11.8 Å². The minimum Gasteiger partial charge on any atom is -0.507 e. The van der Waals surface area contributed by atoms with Gasteiger partial charge in [0.25, 0.3) is 5.69 Å². The number of hydrogen-bond acceptors (Lipinski definition) is 4. The van der Waals surface area contributed by atoms with Gasteiger partial charge >= 0.3 is 0 Å². The molecule has 0 bridgehead atoms. The van der Waals surface area contributed by atoms with Crippen molar-refractivity contribution in [3.8, 4) is 5.75 Å². The number of rotatable bonds is 4. The Kier molecular flexibility index (Phi) is 4.06. The Morgan fingerprint density at radius 3 is 2.56 bits per heavy atom. The number of nitro benzene ring substituents is 1. The van der Waals surface area contributed by atoms with Gasteiger partial charge in [0.2, 0.25) is 0 Å². The smallest absolute Gasteiger partial charge is 0.270 e. The van der Waals surface area contributed by atoms with Crippen molar-refractivity contribution in [2.75, 3.05) is 7.05 Å². The predicted octanol–water partition coefficient (Wildman–Crippen LogP) is 3.04. The third kappa shape index (κ3) is 2.67. The fourth-order valence-electron chi connectivity index (χ4n) is 1.69. The molecule has 0 heterocycles. The monoisotopic (exact) mass is 250 g/mol. The van der Waals surface area contributed by atoms with E-state index in [1.807, 2.05) is 20.8 Å². The molecular formula is C13H18N2O3. The maximum absolute atomic E-state index is 10.9. The zero-order valence-corrected chi connectivity index (χ0v) is 11.1. The Balaban J connectivity index is 3.55. The van der Waals surface area contributed by atoms with Crippen molar-refractivity contribution in [1.29, 1.82) is 0 Å². The lowest BCUT2D eigenvalue weighted by atomic mass is 9.80. The molecule has 1 rings (SSSR count). The van der Waals surface area contributed by atoms with Gasteiger partial charge in [-0.25, -0.2) is 0 Å². The van der Waals surface area contributed by atoms with E-state index in [1.165, 1.54) is 18.3 Å². The van der Waals surface area contributed by atoms with Gasteiger partial charge in [0.05, 0.1) is 4.92 Å². The number of nitrogens with zero attached hydrogens (tertiary/aromatic N) is 2. The molecule has 0 aliphatic heterocycles. The minimum atomic E-state index is -0.457. The highest BCUT2D eigenvalue weighted by atomic mass is 16.6. The van der Waals surface area contributed by atoms with Crippen LogP contribution in [0.4, 0.5) is 5.69 Å². The van der Waals surface area contributed by atoms with E-state index in [4.69, 9.17) is 0 Å². The quantitative estimate of drug-likeness (QED) is 0.507. The summed E-state index contributed by atoms with van der Waals surface area (Å²) < 4.78 is 0. The van der Waals surface area contributed by atoms with Gasteiger partial charge in [-0.15, -0.1) is 0 Å². The van der Waals surface area contributed by atoms with Crippen molar-refractivity contribution in [1.82, 2.24) is 0 Å². The normalized spacial score (nSPS) is 12.0. The molecule has 98 valence electrons. The molecule has 5 heteroatoms. The van der Waals surface area contributed by atoms with E-state index in [0.29, 0.717) is 11.1 Å². The maximum Gasteiger partial charge on any atom is 0.270 e. The summed E-state index contributed by atoms with van der Waals surface area (Å²) in [7, 11) is 1.56. The zero-order valence-electron chi connectivity index (χ0n) is 11.1. The van der Waals surface area contributed by atoms with Crippen LogP contribution >= 0.6 is 0 Å². The molecule has 0 unspecified atom stereocenters. The first kappa shape index (κ1) is 14.2. The van der Waals surface area contributed by atoms with Gasteiger partial charge in [-0.2, -0.15) is 0 Å². The number of nitro groups is 1. The van der Waals surface area contributed by atoms with E-state index in [2.05, 4.69) is 4.99 Å². The lowest BCUT2D eigenvalue weighted by Gasteiger charge is -2.24. The molecule has 0 amide bonds. The van der Waals surface area contributed by atoms with E-state index < -0.39 is 4.92 Å². The summed E-state index contributed by atoms with van der Waals surface area (Å²) in [6, 6.07) is 2.77. The number of phenols is 1. The van der Waals surface area contributed by atoms with Crippen molar-refractivity contribution >= 4 is 11.9 Å². The molecule has 1 aromatic carbocycles. The van der Waals surface area contributed by atoms with Gasteiger partial charge in [-0.1, -0.05) is 20.8 Å². The van der Waals surface area contributed by atoms with Crippen molar-refractivity contribution in [2.24, 2.45) is 4.99 Å². The van der Waals surface area contributed by atoms with Crippen molar-refractivity contribution in [2.45, 2.75) is 32.6 Å². The molecule has 1 aromatic rings. The second kappa shape index (κ2) is 5.16. The maximum atomic E-state index is 10.9. The van der Waals surface area contributed by atoms with Gasteiger partial charge in [-0.3, -0.25) is 15.1 Å². The molecule has 0 aliphatic rings. The molecule has 1 N–H and O–H groups in total. The molecule has 0 saturated carbocycles. The number of hydrogen-bond donors (Lipinski definition) is 1. The number of aliphatic imine (C=N–C) groups is 1. The molecule has 0 radical (unpaired) electrons. The lowest BCUT2D eigenvalue weighted by Crippen LogP contribution is -2.16. The Morgan fingerprint density at radius 1 is 1.50 bits per heavy atom. The number of phenolic OH excluding ortho intramolecular Hbond substituents is 1. The van der Waals surface area contributed by atoms with Gasteiger partial charge in [0, 0.05) is 36.5 Å². The topological polar surface area (TPSA) is 75.7 Å². The Hall–Kier alpha value is -1.91. The Bertz CT molecular complexity index is 493. The molecule has 0 spiro atoms. The van der Waals surface area contributed by atoms with Crippen LogP contribution in [0.25, 0.3) is 0 Å². The van der Waals surface area contributed by atoms with E-state index in [9.17, 15) is 15.2 Å². The van der Waals surface area contributed by atoms with Crippen molar-refractivity contribution in [3.63, 3.8) is 0 Å². The average Bonchev–Trinajstić information content (AvgIpc) is 2.31. The third-order valence-corrected chi connectivity index (χ3v) is 3.22. The molecule has 18 heavy (non-hydrogen) atoms. The van der Waals surface area contributed by atoms with Gasteiger partial charge in [0.15, 0.2) is 0 Å². The van der Waals surface area contributed by atoms with Crippen LogP contribution in [0.1, 0.15) is 38.3 Å². The second-order valence-corrected chi connectivity index (χ2v) is 4.81. The minimum absolute atomic E-state index is 0.0285. The van der Waals surface area contributed by atoms with Crippen LogP contribution in [0, 0.1) is 10.1 Å². The fourth-order valence-corrected chi connectivity index (χ4v) is 1.69. The zero-order chi connectivity index (χ0) is 13.9. The summed E-state index contributed by atoms with van der Waals surface area (Å²) in [6.07, 6.45) is 2.20. The standard InChI is InChI=1S/C13H18N2O3/c1-5-13(2,3)11-7-10(15(17)18)6-9(8-14-4)12(11)16/h6-8,16H,5H2,1-4H3. The summed E-state index contributed by atoms with van der Waals surface area (Å²) in [4.78, 5) is 14.3. The number of aromatic hydroxyl groups is 1. The molecular weight excluding hydrogens is 232 g/mol. The van der Waals surface area contributed by atoms with E-state index >= 15 is 0 Å². The predicted molar refractivity (Wildman–Crippen MR) is 71.6 cm³/mol. The number of benzene rings is 1. The van der Waals surface area contributed by atoms with Crippen LogP contribution in [0.2, 0.25) is 0 Å². The summed E-state index contributed by atoms with van der Waals surface area (Å²) in [6.45, 7) is 5.86. The van der Waals surface area contributed by atoms with Crippen LogP contribution in [-0.2, 0) is 5.41 Å². The molecule has 0 aliphatic carbocycles. The van der Waals surface area contributed by atoms with E-state index in [0.717, 1.165) is 6.42 Å². The summed E-state index contributed by atoms with van der Waals surface area (Å²) in [5.74, 6) is 0.0676. The Labute approximate surface area is 106 Å². The first-order valence-corrected chi connectivity index (χ1v) is 5.77. The Morgan fingerprint density at radius 2 is 2.11 bits per heavy atom. The SMILES string of the molecule is CCC(C)(C)c1cc([N+](=O)[O-])cc(C=NC)c1O. The summed E-state index contributed by atoms with van der Waals surface area (Å²) in [5.41, 5.74) is 0.600. The van der Waals surface area contributed by atoms with E-state index in [1.54, 1.807) is 7.05 Å². The third-order valence-electron chi connectivity index (χ3n) is 3.22. The summed E-state index contributed by atoms with van der Waals surface area (Å²) >= 11 is 0. The van der Waals surface area contributed by atoms with Crippen LogP contribution in [-0.4, -0.2) is 23.3 Å². The van der Waals surface area contributed by atoms with Crippen LogP contribution in [0.15, 0.2) is 17.1 Å². The highest BCUT2D eigenvalue weighted by Gasteiger charge is 2.26. The molecule has 0 saturated heterocycles. The molecule has 0 aromatic heterocycles. The van der Waals surface area contributed by atoms with E-state index in [-0.39, 0.29) is 16.9 Å². The van der Waals surface area contributed by atoms with Crippen LogP contribution in [0.3, 0.4) is 0 Å². The molecule has 0 atom stereocenters. The first-order valence-electron chi connectivity index (χ1n) is 5.77. The second-order valence-electron chi connectivity index (χ2n) is 4.81. The highest BCUT2D eigenvalue weighted by Crippen LogP contribution is 2.38. The van der Waals surface area contributed by atoms with Crippen molar-refractivity contribution in [3.05, 3.63) is 33.4 Å². The highest BCUT2D eigenvalue weighted by molar-refractivity contribution is 5.85. The van der Waals surface area contributed by atoms with Crippen LogP contribution in [0.5, 0.6) is 5.75 Å². The van der Waals surface area contributed by atoms with Gasteiger partial charge in [0.1, 0.15) is 5.75 Å². The summed E-state index contributed by atoms with van der Waals surface area (Å²) in [5, 5.41) is 21.1. The van der Waals surface area contributed by atoms with Crippen LogP contribution < -0.4 is 0 Å². The molecule has 0 fully saturated rings. The first-order chi connectivity index (χ1) is 8.33. The fraction of sp³-hybridized carbons (Fsp3) is 0.462. The lowest BCUT2D eigenvalue weighted by molar-refractivity contribution is -0.385. The molecule has 5 nitrogen and oxygen atoms in total. The number of non-ortho nitro benzene ring substituents is 1. The largest absolute Gasteiger partial charge is 0.507 e. The average molecular weight is 250 g/mol. The van der Waals surface area contributed by atoms with Crippen molar-refractivity contribution < 1.29 is 10.0 Å². The van der Waals surface area contributed by atoms with Gasteiger partial charge < -0.3 is 5.11 Å².